The fraction of sp³-hybridized carbons (Fsp3) is 0.222. The zero-order valence-corrected chi connectivity index (χ0v) is 7.73. The van der Waals surface area contributed by atoms with Crippen LogP contribution in [0.2, 0.25) is 0 Å². The van der Waals surface area contributed by atoms with Gasteiger partial charge >= 0.3 is 6.18 Å². The smallest absolute Gasteiger partial charge is 0.370 e. The molecule has 0 atom stereocenters. The lowest BCUT2D eigenvalue weighted by Gasteiger charge is -2.08. The Bertz CT molecular complexity index is 343. The van der Waals surface area contributed by atoms with Crippen LogP contribution in [0.3, 0.4) is 0 Å². The highest BCUT2D eigenvalue weighted by molar-refractivity contribution is 5.74. The Morgan fingerprint density at radius 1 is 1.27 bits per heavy atom. The van der Waals surface area contributed by atoms with Crippen molar-refractivity contribution < 1.29 is 13.2 Å². The molecule has 0 aromatic heterocycles. The van der Waals surface area contributed by atoms with Gasteiger partial charge in [0, 0.05) is 6.54 Å². The highest BCUT2D eigenvalue weighted by Gasteiger charge is 2.29. The molecule has 0 saturated heterocycles. The topological polar surface area (TPSA) is 61.9 Å². The maximum absolute atomic E-state index is 12.2. The van der Waals surface area contributed by atoms with Crippen LogP contribution in [0.5, 0.6) is 0 Å². The number of alkyl halides is 3. The number of halogens is 3. The van der Waals surface area contributed by atoms with E-state index in [-0.39, 0.29) is 12.5 Å². The quantitative estimate of drug-likeness (QED) is 0.521. The van der Waals surface area contributed by atoms with Crippen LogP contribution in [0.15, 0.2) is 24.3 Å². The molecule has 0 aliphatic rings. The van der Waals surface area contributed by atoms with Gasteiger partial charge in [-0.2, -0.15) is 13.2 Å². The van der Waals surface area contributed by atoms with Gasteiger partial charge in [0.25, 0.3) is 0 Å². The van der Waals surface area contributed by atoms with Gasteiger partial charge in [-0.3, -0.25) is 5.41 Å². The van der Waals surface area contributed by atoms with Crippen molar-refractivity contribution >= 4 is 5.96 Å². The lowest BCUT2D eigenvalue weighted by atomic mass is 10.1. The fourth-order valence-corrected chi connectivity index (χ4v) is 1.01. The van der Waals surface area contributed by atoms with E-state index in [9.17, 15) is 13.2 Å². The number of guanidine groups is 1. The van der Waals surface area contributed by atoms with Crippen molar-refractivity contribution in [3.63, 3.8) is 0 Å². The summed E-state index contributed by atoms with van der Waals surface area (Å²) in [4.78, 5) is 0. The molecule has 4 N–H and O–H groups in total. The highest BCUT2D eigenvalue weighted by atomic mass is 19.4. The van der Waals surface area contributed by atoms with Gasteiger partial charge in [-0.05, 0) is 17.7 Å². The Hall–Kier alpha value is -1.72. The fourth-order valence-electron chi connectivity index (χ4n) is 1.01. The van der Waals surface area contributed by atoms with Crippen LogP contribution in [0.4, 0.5) is 13.2 Å². The van der Waals surface area contributed by atoms with Crippen molar-refractivity contribution in [2.45, 2.75) is 12.7 Å². The van der Waals surface area contributed by atoms with E-state index in [1.165, 1.54) is 12.1 Å². The van der Waals surface area contributed by atoms with E-state index < -0.39 is 11.7 Å². The van der Waals surface area contributed by atoms with E-state index in [0.717, 1.165) is 12.1 Å². The third kappa shape index (κ3) is 3.49. The summed E-state index contributed by atoms with van der Waals surface area (Å²) >= 11 is 0. The molecule has 0 aliphatic carbocycles. The Kier molecular flexibility index (Phi) is 3.18. The zero-order valence-electron chi connectivity index (χ0n) is 7.73. The third-order valence-electron chi connectivity index (χ3n) is 1.76. The molecule has 1 aromatic rings. The molecular formula is C9H10F3N3. The lowest BCUT2D eigenvalue weighted by Crippen LogP contribution is -2.29. The molecule has 0 radical (unpaired) electrons. The van der Waals surface area contributed by atoms with Gasteiger partial charge < -0.3 is 11.1 Å². The molecule has 1 aromatic carbocycles. The first-order valence-electron chi connectivity index (χ1n) is 4.13. The first-order chi connectivity index (χ1) is 6.89. The molecule has 82 valence electrons. The van der Waals surface area contributed by atoms with Gasteiger partial charge in [-0.15, -0.1) is 0 Å². The number of hydrogen-bond acceptors (Lipinski definition) is 1. The molecule has 0 spiro atoms. The normalized spacial score (nSPS) is 11.1. The van der Waals surface area contributed by atoms with Crippen LogP contribution in [-0.2, 0) is 12.7 Å². The van der Waals surface area contributed by atoms with Crippen molar-refractivity contribution in [2.75, 3.05) is 0 Å². The molecule has 6 heteroatoms. The standard InChI is InChI=1S/C9H10F3N3/c10-9(11,12)7-3-1-6(2-4-7)5-15-8(13)14/h1-4H,5H2,(H4,13,14,15). The number of hydrogen-bond donors (Lipinski definition) is 3. The highest BCUT2D eigenvalue weighted by Crippen LogP contribution is 2.28. The molecular weight excluding hydrogens is 207 g/mol. The molecule has 15 heavy (non-hydrogen) atoms. The molecule has 0 aliphatic heterocycles. The number of nitrogens with two attached hydrogens (primary N) is 1. The average Bonchev–Trinajstić information content (AvgIpc) is 2.14. The molecule has 0 saturated carbocycles. The largest absolute Gasteiger partial charge is 0.416 e. The number of rotatable bonds is 2. The van der Waals surface area contributed by atoms with Crippen molar-refractivity contribution in [3.05, 3.63) is 35.4 Å². The second-order valence-electron chi connectivity index (χ2n) is 2.96. The van der Waals surface area contributed by atoms with Crippen molar-refractivity contribution in [1.29, 1.82) is 5.41 Å². The predicted octanol–water partition coefficient (Wildman–Crippen LogP) is 1.69. The molecule has 3 nitrogen and oxygen atoms in total. The summed E-state index contributed by atoms with van der Waals surface area (Å²) in [7, 11) is 0. The minimum atomic E-state index is -4.31. The third-order valence-corrected chi connectivity index (χ3v) is 1.76. The number of nitrogens with one attached hydrogen (secondary N) is 2. The molecule has 1 rings (SSSR count). The average molecular weight is 217 g/mol. The minimum Gasteiger partial charge on any atom is -0.370 e. The van der Waals surface area contributed by atoms with Crippen LogP contribution in [0.1, 0.15) is 11.1 Å². The Morgan fingerprint density at radius 3 is 2.20 bits per heavy atom. The van der Waals surface area contributed by atoms with E-state index in [1.807, 2.05) is 0 Å². The van der Waals surface area contributed by atoms with E-state index in [4.69, 9.17) is 11.1 Å². The summed E-state index contributed by atoms with van der Waals surface area (Å²) in [6.07, 6.45) is -4.31. The van der Waals surface area contributed by atoms with Gasteiger partial charge in [0.15, 0.2) is 5.96 Å². The summed E-state index contributed by atoms with van der Waals surface area (Å²) in [6, 6.07) is 4.69. The first-order valence-corrected chi connectivity index (χ1v) is 4.13. The van der Waals surface area contributed by atoms with Gasteiger partial charge in [-0.1, -0.05) is 12.1 Å². The first kappa shape index (κ1) is 11.4. The van der Waals surface area contributed by atoms with Crippen LogP contribution >= 0.6 is 0 Å². The summed E-state index contributed by atoms with van der Waals surface area (Å²) in [5.74, 6) is -0.213. The Labute approximate surface area is 84.6 Å². The molecule has 0 bridgehead atoms. The second-order valence-corrected chi connectivity index (χ2v) is 2.96. The molecule has 0 unspecified atom stereocenters. The van der Waals surface area contributed by atoms with Crippen molar-refractivity contribution in [3.8, 4) is 0 Å². The van der Waals surface area contributed by atoms with Crippen molar-refractivity contribution in [2.24, 2.45) is 5.73 Å². The SMILES string of the molecule is N=C(N)NCc1ccc(C(F)(F)F)cc1. The van der Waals surface area contributed by atoms with Gasteiger partial charge in [0.05, 0.1) is 5.56 Å². The number of benzene rings is 1. The zero-order chi connectivity index (χ0) is 11.5. The second kappa shape index (κ2) is 4.20. The van der Waals surface area contributed by atoms with Crippen molar-refractivity contribution in [1.82, 2.24) is 5.32 Å². The van der Waals surface area contributed by atoms with E-state index in [2.05, 4.69) is 5.32 Å². The maximum atomic E-state index is 12.2. The summed E-state index contributed by atoms with van der Waals surface area (Å²) < 4.78 is 36.5. The van der Waals surface area contributed by atoms with Crippen LogP contribution < -0.4 is 11.1 Å². The van der Waals surface area contributed by atoms with Gasteiger partial charge in [0.2, 0.25) is 0 Å². The predicted molar refractivity (Wildman–Crippen MR) is 50.2 cm³/mol. The van der Waals surface area contributed by atoms with Crippen LogP contribution in [0.25, 0.3) is 0 Å². The van der Waals surface area contributed by atoms with Gasteiger partial charge in [0.1, 0.15) is 0 Å². The maximum Gasteiger partial charge on any atom is 0.416 e. The van der Waals surface area contributed by atoms with E-state index >= 15 is 0 Å². The summed E-state index contributed by atoms with van der Waals surface area (Å²) in [5, 5.41) is 9.37. The van der Waals surface area contributed by atoms with Crippen LogP contribution in [0, 0.1) is 5.41 Å². The van der Waals surface area contributed by atoms with E-state index in [1.54, 1.807) is 0 Å². The van der Waals surface area contributed by atoms with Gasteiger partial charge in [-0.25, -0.2) is 0 Å². The van der Waals surface area contributed by atoms with Crippen LogP contribution in [-0.4, -0.2) is 5.96 Å². The lowest BCUT2D eigenvalue weighted by molar-refractivity contribution is -0.137. The molecule has 0 fully saturated rings. The Morgan fingerprint density at radius 2 is 1.80 bits per heavy atom. The monoisotopic (exact) mass is 217 g/mol. The van der Waals surface area contributed by atoms with E-state index in [0.29, 0.717) is 5.56 Å². The summed E-state index contributed by atoms with van der Waals surface area (Å²) in [5.41, 5.74) is 4.98. The molecule has 0 amide bonds. The summed E-state index contributed by atoms with van der Waals surface area (Å²) in [6.45, 7) is 0.244. The Balaban J connectivity index is 2.69. The minimum absolute atomic E-state index is 0.213. The molecule has 0 heterocycles.